The van der Waals surface area contributed by atoms with E-state index in [-0.39, 0.29) is 12.5 Å². The molecule has 1 amide bonds. The summed E-state index contributed by atoms with van der Waals surface area (Å²) in [5, 5.41) is 20.9. The standard InChI is InChI=1S/C17H16N2O2S/c1-12(20)11-19-17(21)13-6-8-15(9-7-13)22-16-5-3-2-4-14(16)10-18/h2-9,12,20H,11H2,1H3,(H,19,21). The average Bonchev–Trinajstić information content (AvgIpc) is 2.54. The fourth-order valence-electron chi connectivity index (χ4n) is 1.79. The van der Waals surface area contributed by atoms with Gasteiger partial charge in [0.1, 0.15) is 6.07 Å². The molecule has 2 rings (SSSR count). The number of benzene rings is 2. The summed E-state index contributed by atoms with van der Waals surface area (Å²) in [5.41, 5.74) is 1.17. The summed E-state index contributed by atoms with van der Waals surface area (Å²) >= 11 is 1.48. The van der Waals surface area contributed by atoms with Crippen molar-refractivity contribution < 1.29 is 9.90 Å². The van der Waals surface area contributed by atoms with E-state index in [1.54, 1.807) is 25.1 Å². The second-order valence-electron chi connectivity index (χ2n) is 4.79. The third kappa shape index (κ3) is 4.35. The normalized spacial score (nSPS) is 11.5. The summed E-state index contributed by atoms with van der Waals surface area (Å²) in [6.07, 6.45) is -0.568. The monoisotopic (exact) mass is 312 g/mol. The first-order valence-electron chi connectivity index (χ1n) is 6.83. The van der Waals surface area contributed by atoms with Gasteiger partial charge in [0, 0.05) is 21.9 Å². The van der Waals surface area contributed by atoms with Crippen molar-refractivity contribution in [2.45, 2.75) is 22.8 Å². The van der Waals surface area contributed by atoms with E-state index in [1.165, 1.54) is 11.8 Å². The van der Waals surface area contributed by atoms with Crippen LogP contribution in [0.4, 0.5) is 0 Å². The van der Waals surface area contributed by atoms with E-state index in [0.717, 1.165) is 9.79 Å². The average molecular weight is 312 g/mol. The van der Waals surface area contributed by atoms with Crippen LogP contribution in [0.15, 0.2) is 58.3 Å². The SMILES string of the molecule is CC(O)CNC(=O)c1ccc(Sc2ccccc2C#N)cc1. The Morgan fingerprint density at radius 2 is 1.95 bits per heavy atom. The van der Waals surface area contributed by atoms with Crippen molar-refractivity contribution in [3.05, 3.63) is 59.7 Å². The molecule has 22 heavy (non-hydrogen) atoms. The lowest BCUT2D eigenvalue weighted by Crippen LogP contribution is -2.30. The molecule has 0 radical (unpaired) electrons. The summed E-state index contributed by atoms with van der Waals surface area (Å²) in [4.78, 5) is 13.7. The summed E-state index contributed by atoms with van der Waals surface area (Å²) in [6.45, 7) is 1.84. The Kier molecular flexibility index (Phi) is 5.59. The smallest absolute Gasteiger partial charge is 0.251 e. The topological polar surface area (TPSA) is 73.1 Å². The van der Waals surface area contributed by atoms with Gasteiger partial charge in [0.15, 0.2) is 0 Å². The van der Waals surface area contributed by atoms with Crippen LogP contribution in [0.2, 0.25) is 0 Å². The van der Waals surface area contributed by atoms with E-state index in [2.05, 4.69) is 11.4 Å². The number of nitrogens with one attached hydrogen (secondary N) is 1. The predicted octanol–water partition coefficient (Wildman–Crippen LogP) is 2.82. The first-order chi connectivity index (χ1) is 10.6. The number of aliphatic hydroxyl groups excluding tert-OH is 1. The molecule has 2 aromatic rings. The Morgan fingerprint density at radius 1 is 1.27 bits per heavy atom. The molecule has 0 aliphatic rings. The molecule has 2 N–H and O–H groups in total. The highest BCUT2D eigenvalue weighted by molar-refractivity contribution is 7.99. The van der Waals surface area contributed by atoms with Gasteiger partial charge in [0.25, 0.3) is 5.91 Å². The van der Waals surface area contributed by atoms with Gasteiger partial charge in [0.05, 0.1) is 11.7 Å². The zero-order valence-corrected chi connectivity index (χ0v) is 12.9. The second kappa shape index (κ2) is 7.64. The molecule has 5 heteroatoms. The van der Waals surface area contributed by atoms with Crippen LogP contribution in [0.25, 0.3) is 0 Å². The van der Waals surface area contributed by atoms with Gasteiger partial charge in [-0.2, -0.15) is 5.26 Å². The predicted molar refractivity (Wildman–Crippen MR) is 85.7 cm³/mol. The molecule has 0 aromatic heterocycles. The first kappa shape index (κ1) is 16.1. The molecule has 0 saturated heterocycles. The molecule has 0 spiro atoms. The van der Waals surface area contributed by atoms with Crippen LogP contribution in [0.3, 0.4) is 0 Å². The minimum absolute atomic E-state index is 0.213. The largest absolute Gasteiger partial charge is 0.392 e. The van der Waals surface area contributed by atoms with E-state index in [1.807, 2.05) is 30.3 Å². The summed E-state index contributed by atoms with van der Waals surface area (Å²) in [5.74, 6) is -0.213. The molecule has 112 valence electrons. The molecule has 0 heterocycles. The van der Waals surface area contributed by atoms with E-state index in [9.17, 15) is 4.79 Å². The molecule has 2 aromatic carbocycles. The maximum atomic E-state index is 11.8. The van der Waals surface area contributed by atoms with Gasteiger partial charge in [0.2, 0.25) is 0 Å². The van der Waals surface area contributed by atoms with Crippen LogP contribution in [0, 0.1) is 11.3 Å². The molecule has 0 fully saturated rings. The fraction of sp³-hybridized carbons (Fsp3) is 0.176. The lowest BCUT2D eigenvalue weighted by Gasteiger charge is -2.08. The maximum Gasteiger partial charge on any atom is 0.251 e. The number of carbonyl (C=O) groups excluding carboxylic acids is 1. The molecule has 0 aliphatic heterocycles. The van der Waals surface area contributed by atoms with Crippen LogP contribution < -0.4 is 5.32 Å². The molecule has 1 atom stereocenters. The third-order valence-electron chi connectivity index (χ3n) is 2.91. The Hall–Kier alpha value is -2.29. The third-order valence-corrected chi connectivity index (χ3v) is 3.99. The minimum Gasteiger partial charge on any atom is -0.392 e. The summed E-state index contributed by atoms with van der Waals surface area (Å²) < 4.78 is 0. The van der Waals surface area contributed by atoms with Crippen molar-refractivity contribution in [3.63, 3.8) is 0 Å². The Morgan fingerprint density at radius 3 is 2.59 bits per heavy atom. The summed E-state index contributed by atoms with van der Waals surface area (Å²) in [7, 11) is 0. The van der Waals surface area contributed by atoms with Gasteiger partial charge in [-0.15, -0.1) is 0 Å². The van der Waals surface area contributed by atoms with Crippen LogP contribution in [-0.2, 0) is 0 Å². The van der Waals surface area contributed by atoms with Crippen molar-refractivity contribution in [3.8, 4) is 6.07 Å². The first-order valence-corrected chi connectivity index (χ1v) is 7.65. The Labute approximate surface area is 133 Å². The van der Waals surface area contributed by atoms with Crippen molar-refractivity contribution in [2.24, 2.45) is 0 Å². The van der Waals surface area contributed by atoms with E-state index >= 15 is 0 Å². The van der Waals surface area contributed by atoms with Gasteiger partial charge in [-0.1, -0.05) is 23.9 Å². The number of nitrogens with zero attached hydrogens (tertiary/aromatic N) is 1. The Balaban J connectivity index is 2.06. The zero-order chi connectivity index (χ0) is 15.9. The maximum absolute atomic E-state index is 11.8. The van der Waals surface area contributed by atoms with Crippen LogP contribution in [0.5, 0.6) is 0 Å². The van der Waals surface area contributed by atoms with Crippen LogP contribution in [0.1, 0.15) is 22.8 Å². The van der Waals surface area contributed by atoms with Crippen LogP contribution in [-0.4, -0.2) is 23.7 Å². The van der Waals surface area contributed by atoms with Gasteiger partial charge in [-0.25, -0.2) is 0 Å². The number of carbonyl (C=O) groups is 1. The van der Waals surface area contributed by atoms with E-state index in [0.29, 0.717) is 11.1 Å². The lowest BCUT2D eigenvalue weighted by molar-refractivity contribution is 0.0924. The molecular formula is C17H16N2O2S. The molecule has 0 saturated carbocycles. The van der Waals surface area contributed by atoms with E-state index in [4.69, 9.17) is 10.4 Å². The van der Waals surface area contributed by atoms with Crippen molar-refractivity contribution in [1.82, 2.24) is 5.32 Å². The number of rotatable bonds is 5. The van der Waals surface area contributed by atoms with Crippen molar-refractivity contribution in [2.75, 3.05) is 6.54 Å². The highest BCUT2D eigenvalue weighted by Gasteiger charge is 2.07. The lowest BCUT2D eigenvalue weighted by atomic mass is 10.2. The quantitative estimate of drug-likeness (QED) is 0.890. The van der Waals surface area contributed by atoms with Gasteiger partial charge in [-0.05, 0) is 43.3 Å². The van der Waals surface area contributed by atoms with Crippen molar-refractivity contribution in [1.29, 1.82) is 5.26 Å². The minimum atomic E-state index is -0.568. The number of hydrogen-bond donors (Lipinski definition) is 2. The molecular weight excluding hydrogens is 296 g/mol. The molecule has 4 nitrogen and oxygen atoms in total. The number of hydrogen-bond acceptors (Lipinski definition) is 4. The van der Waals surface area contributed by atoms with Gasteiger partial charge < -0.3 is 10.4 Å². The Bertz CT molecular complexity index is 691. The van der Waals surface area contributed by atoms with E-state index < -0.39 is 6.10 Å². The number of amides is 1. The second-order valence-corrected chi connectivity index (χ2v) is 5.91. The molecule has 0 bridgehead atoms. The molecule has 0 aliphatic carbocycles. The zero-order valence-electron chi connectivity index (χ0n) is 12.1. The van der Waals surface area contributed by atoms with Gasteiger partial charge >= 0.3 is 0 Å². The number of nitriles is 1. The van der Waals surface area contributed by atoms with Crippen LogP contribution >= 0.6 is 11.8 Å². The van der Waals surface area contributed by atoms with Crippen molar-refractivity contribution >= 4 is 17.7 Å². The highest BCUT2D eigenvalue weighted by atomic mass is 32.2. The number of aliphatic hydroxyl groups is 1. The molecule has 1 unspecified atom stereocenters. The highest BCUT2D eigenvalue weighted by Crippen LogP contribution is 2.30. The fourth-order valence-corrected chi connectivity index (χ4v) is 2.69. The summed E-state index contributed by atoms with van der Waals surface area (Å²) in [6, 6.07) is 16.7. The van der Waals surface area contributed by atoms with Gasteiger partial charge in [-0.3, -0.25) is 4.79 Å².